The summed E-state index contributed by atoms with van der Waals surface area (Å²) in [6.45, 7) is 2.05. The molecule has 206 valence electrons. The number of aromatic nitrogens is 3. The van der Waals surface area contributed by atoms with E-state index in [1.807, 2.05) is 24.1 Å². The number of rotatable bonds is 5. The Labute approximate surface area is 234 Å². The van der Waals surface area contributed by atoms with Crippen molar-refractivity contribution in [1.82, 2.24) is 19.9 Å². The Balaban J connectivity index is 1.50. The van der Waals surface area contributed by atoms with Crippen LogP contribution in [-0.2, 0) is 9.84 Å². The molecule has 2 aromatic heterocycles. The minimum atomic E-state index is -3.17. The Kier molecular flexibility index (Phi) is 6.98. The molecule has 0 spiro atoms. The van der Waals surface area contributed by atoms with Gasteiger partial charge in [-0.1, -0.05) is 35.1 Å². The second kappa shape index (κ2) is 10.3. The number of sulfone groups is 1. The summed E-state index contributed by atoms with van der Waals surface area (Å²) >= 11 is 8.06. The highest BCUT2D eigenvalue weighted by Crippen LogP contribution is 2.42. The number of hydrogen-bond acceptors (Lipinski definition) is 10. The monoisotopic (exact) mass is 590 g/mol. The summed E-state index contributed by atoms with van der Waals surface area (Å²) < 4.78 is 47.9. The van der Waals surface area contributed by atoms with E-state index in [0.717, 1.165) is 24.1 Å². The van der Waals surface area contributed by atoms with E-state index >= 15 is 4.39 Å². The summed E-state index contributed by atoms with van der Waals surface area (Å²) in [5, 5.41) is 0.950. The SMILES string of the molecule is CN1CCC[C@H]1COc1nc(N2CCCS(=O)(=O)CC2)c2cc(Cl)c(-c3cccc4sc(N)nc34)c(F)c2n1. The number of hydrogen-bond donors (Lipinski definition) is 1. The highest BCUT2D eigenvalue weighted by Gasteiger charge is 2.27. The predicted molar refractivity (Wildman–Crippen MR) is 154 cm³/mol. The largest absolute Gasteiger partial charge is 0.462 e. The fourth-order valence-electron chi connectivity index (χ4n) is 5.39. The Morgan fingerprint density at radius 3 is 2.79 bits per heavy atom. The van der Waals surface area contributed by atoms with Crippen LogP contribution >= 0.6 is 22.9 Å². The van der Waals surface area contributed by atoms with Crippen LogP contribution in [0.2, 0.25) is 5.02 Å². The van der Waals surface area contributed by atoms with Crippen LogP contribution < -0.4 is 15.4 Å². The lowest BCUT2D eigenvalue weighted by molar-refractivity contribution is 0.188. The Morgan fingerprint density at radius 2 is 2.00 bits per heavy atom. The maximum Gasteiger partial charge on any atom is 0.319 e. The highest BCUT2D eigenvalue weighted by atomic mass is 35.5. The van der Waals surface area contributed by atoms with Crippen LogP contribution in [0.25, 0.3) is 32.2 Å². The topological polar surface area (TPSA) is 115 Å². The number of likely N-dealkylation sites (N-methyl/N-ethyl adjacent to an activating group) is 1. The third kappa shape index (κ3) is 5.10. The Morgan fingerprint density at radius 1 is 1.15 bits per heavy atom. The van der Waals surface area contributed by atoms with Gasteiger partial charge in [0.05, 0.1) is 26.7 Å². The number of nitrogens with two attached hydrogens (primary N) is 1. The maximum atomic E-state index is 16.5. The van der Waals surface area contributed by atoms with Gasteiger partial charge in [-0.25, -0.2) is 17.8 Å². The second-order valence-corrected chi connectivity index (χ2v) is 13.8. The van der Waals surface area contributed by atoms with Crippen molar-refractivity contribution < 1.29 is 17.5 Å². The summed E-state index contributed by atoms with van der Waals surface area (Å²) in [4.78, 5) is 17.7. The van der Waals surface area contributed by atoms with E-state index in [-0.39, 0.29) is 46.2 Å². The summed E-state index contributed by atoms with van der Waals surface area (Å²) in [5.74, 6) is -0.117. The van der Waals surface area contributed by atoms with Crippen molar-refractivity contribution in [3.63, 3.8) is 0 Å². The van der Waals surface area contributed by atoms with Crippen molar-refractivity contribution in [3.05, 3.63) is 35.1 Å². The number of benzene rings is 2. The van der Waals surface area contributed by atoms with Crippen LogP contribution in [-0.4, -0.2) is 79.1 Å². The van der Waals surface area contributed by atoms with Crippen LogP contribution in [0.15, 0.2) is 24.3 Å². The fraction of sp³-hybridized carbons (Fsp3) is 0.423. The van der Waals surface area contributed by atoms with E-state index < -0.39 is 15.7 Å². The van der Waals surface area contributed by atoms with Crippen LogP contribution in [0.4, 0.5) is 15.3 Å². The number of nitrogen functional groups attached to an aromatic ring is 1. The smallest absolute Gasteiger partial charge is 0.319 e. The zero-order chi connectivity index (χ0) is 27.3. The van der Waals surface area contributed by atoms with E-state index in [1.165, 1.54) is 11.3 Å². The van der Waals surface area contributed by atoms with Gasteiger partial charge in [0.1, 0.15) is 17.9 Å². The van der Waals surface area contributed by atoms with Gasteiger partial charge in [-0.3, -0.25) is 0 Å². The second-order valence-electron chi connectivity index (χ2n) is 10.1. The molecular weight excluding hydrogens is 563 g/mol. The lowest BCUT2D eigenvalue weighted by atomic mass is 10.0. The number of fused-ring (bicyclic) bond motifs is 2. The van der Waals surface area contributed by atoms with Crippen LogP contribution in [0.1, 0.15) is 19.3 Å². The Bertz CT molecular complexity index is 1680. The molecule has 13 heteroatoms. The van der Waals surface area contributed by atoms with E-state index in [9.17, 15) is 8.42 Å². The predicted octanol–water partition coefficient (Wildman–Crippen LogP) is 4.38. The normalized spacial score (nSPS) is 20.1. The first-order valence-corrected chi connectivity index (χ1v) is 15.9. The first-order valence-electron chi connectivity index (χ1n) is 12.8. The molecule has 2 aliphatic rings. The third-order valence-electron chi connectivity index (χ3n) is 7.48. The van der Waals surface area contributed by atoms with Gasteiger partial charge < -0.3 is 20.3 Å². The van der Waals surface area contributed by atoms with Gasteiger partial charge >= 0.3 is 6.01 Å². The minimum Gasteiger partial charge on any atom is -0.462 e. The molecule has 2 N–H and O–H groups in total. The quantitative estimate of drug-likeness (QED) is 0.361. The lowest BCUT2D eigenvalue weighted by Crippen LogP contribution is -2.31. The molecule has 39 heavy (non-hydrogen) atoms. The average Bonchev–Trinajstić information content (AvgIpc) is 3.43. The van der Waals surface area contributed by atoms with Crippen molar-refractivity contribution in [3.8, 4) is 17.1 Å². The van der Waals surface area contributed by atoms with Crippen molar-refractivity contribution in [2.24, 2.45) is 0 Å². The van der Waals surface area contributed by atoms with Gasteiger partial charge in [0.2, 0.25) is 0 Å². The molecule has 0 amide bonds. The summed E-state index contributed by atoms with van der Waals surface area (Å²) in [7, 11) is -1.12. The highest BCUT2D eigenvalue weighted by molar-refractivity contribution is 7.91. The van der Waals surface area contributed by atoms with Gasteiger partial charge in [-0.15, -0.1) is 0 Å². The van der Waals surface area contributed by atoms with Crippen molar-refractivity contribution in [2.75, 3.05) is 55.4 Å². The number of thiazole rings is 1. The number of ether oxygens (including phenoxy) is 1. The number of nitrogens with zero attached hydrogens (tertiary/aromatic N) is 5. The zero-order valence-electron chi connectivity index (χ0n) is 21.4. The molecule has 9 nitrogen and oxygen atoms in total. The van der Waals surface area contributed by atoms with Crippen LogP contribution in [0.5, 0.6) is 6.01 Å². The molecular formula is C26H28ClFN6O3S2. The fourth-order valence-corrected chi connectivity index (χ4v) is 7.72. The minimum absolute atomic E-state index is 0.0108. The summed E-state index contributed by atoms with van der Waals surface area (Å²) in [6, 6.07) is 7.35. The molecule has 2 aromatic carbocycles. The molecule has 1 atom stereocenters. The standard InChI is InChI=1S/C26H28ClFN6O3S2/c1-33-8-3-5-15(33)14-37-26-31-23-17(24(32-26)34-9-4-11-39(35,36)12-10-34)13-18(27)20(21(23)28)16-6-2-7-19-22(16)30-25(29)38-19/h2,6-7,13,15H,3-5,8-12,14H2,1H3,(H2,29,30)/t15-/m0/s1. The Hall–Kier alpha value is -2.80. The van der Waals surface area contributed by atoms with E-state index in [4.69, 9.17) is 22.1 Å². The number of halogens is 2. The molecule has 0 aliphatic carbocycles. The number of anilines is 2. The zero-order valence-corrected chi connectivity index (χ0v) is 23.8. The molecule has 6 rings (SSSR count). The molecule has 0 unspecified atom stereocenters. The van der Waals surface area contributed by atoms with Gasteiger partial charge in [0, 0.05) is 35.6 Å². The van der Waals surface area contributed by atoms with E-state index in [0.29, 0.717) is 47.0 Å². The number of likely N-dealkylation sites (tertiary alicyclic amines) is 1. The molecule has 2 aliphatic heterocycles. The molecule has 0 saturated carbocycles. The molecule has 4 heterocycles. The van der Waals surface area contributed by atoms with Crippen LogP contribution in [0, 0.1) is 5.82 Å². The maximum absolute atomic E-state index is 16.5. The van der Waals surface area contributed by atoms with Gasteiger partial charge in [-0.05, 0) is 45.0 Å². The van der Waals surface area contributed by atoms with Gasteiger partial charge in [0.25, 0.3) is 0 Å². The first-order chi connectivity index (χ1) is 18.7. The molecule has 4 aromatic rings. The van der Waals surface area contributed by atoms with Crippen molar-refractivity contribution in [1.29, 1.82) is 0 Å². The molecule has 2 fully saturated rings. The number of para-hydroxylation sites is 1. The molecule has 0 bridgehead atoms. The summed E-state index contributed by atoms with van der Waals surface area (Å²) in [5.41, 5.74) is 7.25. The van der Waals surface area contributed by atoms with E-state index in [1.54, 1.807) is 12.1 Å². The molecule has 0 radical (unpaired) electrons. The summed E-state index contributed by atoms with van der Waals surface area (Å²) in [6.07, 6.45) is 2.52. The van der Waals surface area contributed by atoms with Gasteiger partial charge in [0.15, 0.2) is 20.8 Å². The molecule has 2 saturated heterocycles. The van der Waals surface area contributed by atoms with Crippen LogP contribution in [0.3, 0.4) is 0 Å². The third-order valence-corrected chi connectivity index (χ3v) is 10.3. The van der Waals surface area contributed by atoms with Crippen molar-refractivity contribution >= 4 is 64.8 Å². The lowest BCUT2D eigenvalue weighted by Gasteiger charge is -2.24. The van der Waals surface area contributed by atoms with E-state index in [2.05, 4.69) is 19.9 Å². The van der Waals surface area contributed by atoms with Crippen molar-refractivity contribution in [2.45, 2.75) is 25.3 Å². The first kappa shape index (κ1) is 26.4. The average molecular weight is 591 g/mol. The van der Waals surface area contributed by atoms with Gasteiger partial charge in [-0.2, -0.15) is 9.97 Å².